The molecule has 1 heterocycles. The molecule has 1 aromatic heterocycles. The van der Waals surface area contributed by atoms with Gasteiger partial charge in [0.05, 0.1) is 18.9 Å². The van der Waals surface area contributed by atoms with Crippen LogP contribution < -0.4 is 20.9 Å². The molecule has 0 saturated heterocycles. The number of nitrogens with zero attached hydrogens (tertiary/aromatic N) is 1. The van der Waals surface area contributed by atoms with Gasteiger partial charge in [0, 0.05) is 13.6 Å². The predicted octanol–water partition coefficient (Wildman–Crippen LogP) is -0.0374. The van der Waals surface area contributed by atoms with Gasteiger partial charge in [0.15, 0.2) is 5.82 Å². The Balaban J connectivity index is 2.84. The van der Waals surface area contributed by atoms with Crippen molar-refractivity contribution in [1.82, 2.24) is 15.3 Å². The van der Waals surface area contributed by atoms with E-state index in [1.54, 1.807) is 20.9 Å². The molecule has 0 aromatic carbocycles. The SMILES string of the molecule is CNC(=O)C(C)(C)CNc1nc[nH]c(=O)c1OC. The van der Waals surface area contributed by atoms with E-state index in [-0.39, 0.29) is 17.2 Å². The number of rotatable bonds is 5. The number of amides is 1. The second-order valence-corrected chi connectivity index (χ2v) is 4.43. The molecule has 0 bridgehead atoms. The second-order valence-electron chi connectivity index (χ2n) is 4.43. The molecule has 0 radical (unpaired) electrons. The van der Waals surface area contributed by atoms with E-state index in [1.165, 1.54) is 13.4 Å². The maximum absolute atomic E-state index is 11.6. The number of carbonyl (C=O) groups excluding carboxylic acids is 1. The molecule has 0 atom stereocenters. The first kappa shape index (κ1) is 14.0. The van der Waals surface area contributed by atoms with Gasteiger partial charge in [0.2, 0.25) is 11.7 Å². The van der Waals surface area contributed by atoms with Crippen molar-refractivity contribution >= 4 is 11.7 Å². The van der Waals surface area contributed by atoms with Gasteiger partial charge in [0.25, 0.3) is 5.56 Å². The summed E-state index contributed by atoms with van der Waals surface area (Å²) in [5, 5.41) is 5.53. The second kappa shape index (κ2) is 5.52. The Morgan fingerprint density at radius 2 is 2.22 bits per heavy atom. The van der Waals surface area contributed by atoms with Gasteiger partial charge in [0.1, 0.15) is 0 Å². The van der Waals surface area contributed by atoms with E-state index in [9.17, 15) is 9.59 Å². The van der Waals surface area contributed by atoms with Gasteiger partial charge >= 0.3 is 0 Å². The molecule has 0 fully saturated rings. The Bertz CT molecular complexity index is 481. The lowest BCUT2D eigenvalue weighted by molar-refractivity contribution is -0.128. The Labute approximate surface area is 105 Å². The van der Waals surface area contributed by atoms with Crippen molar-refractivity contribution < 1.29 is 9.53 Å². The molecule has 0 unspecified atom stereocenters. The Morgan fingerprint density at radius 1 is 1.56 bits per heavy atom. The van der Waals surface area contributed by atoms with Crippen LogP contribution >= 0.6 is 0 Å². The highest BCUT2D eigenvalue weighted by Crippen LogP contribution is 2.19. The number of H-pyrrole nitrogens is 1. The highest BCUT2D eigenvalue weighted by Gasteiger charge is 2.27. The van der Waals surface area contributed by atoms with Crippen LogP contribution in [0.2, 0.25) is 0 Å². The van der Waals surface area contributed by atoms with Gasteiger partial charge in [-0.15, -0.1) is 0 Å². The zero-order valence-corrected chi connectivity index (χ0v) is 11.0. The summed E-state index contributed by atoms with van der Waals surface area (Å²) in [6.45, 7) is 3.91. The molecule has 3 N–H and O–H groups in total. The number of anilines is 1. The fourth-order valence-corrected chi connectivity index (χ4v) is 1.43. The first-order valence-electron chi connectivity index (χ1n) is 5.50. The topological polar surface area (TPSA) is 96.1 Å². The molecular weight excluding hydrogens is 236 g/mol. The van der Waals surface area contributed by atoms with Gasteiger partial charge < -0.3 is 20.4 Å². The van der Waals surface area contributed by atoms with E-state index in [0.717, 1.165) is 0 Å². The van der Waals surface area contributed by atoms with E-state index >= 15 is 0 Å². The van der Waals surface area contributed by atoms with Crippen LogP contribution in [0.25, 0.3) is 0 Å². The zero-order chi connectivity index (χ0) is 13.8. The van der Waals surface area contributed by atoms with E-state index < -0.39 is 5.41 Å². The third-order valence-electron chi connectivity index (χ3n) is 2.55. The van der Waals surface area contributed by atoms with Crippen LogP contribution in [-0.2, 0) is 4.79 Å². The van der Waals surface area contributed by atoms with Crippen LogP contribution in [0, 0.1) is 5.41 Å². The molecule has 7 heteroatoms. The maximum Gasteiger partial charge on any atom is 0.295 e. The summed E-state index contributed by atoms with van der Waals surface area (Å²) >= 11 is 0. The fourth-order valence-electron chi connectivity index (χ4n) is 1.43. The number of hydrogen-bond donors (Lipinski definition) is 3. The van der Waals surface area contributed by atoms with Crippen molar-refractivity contribution in [2.24, 2.45) is 5.41 Å². The summed E-state index contributed by atoms with van der Waals surface area (Å²) in [6, 6.07) is 0. The van der Waals surface area contributed by atoms with Crippen LogP contribution in [0.4, 0.5) is 5.82 Å². The Kier molecular flexibility index (Phi) is 4.30. The molecule has 1 aromatic rings. The quantitative estimate of drug-likeness (QED) is 0.685. The van der Waals surface area contributed by atoms with Gasteiger partial charge in [-0.05, 0) is 13.8 Å². The number of carbonyl (C=O) groups is 1. The van der Waals surface area contributed by atoms with Crippen LogP contribution in [0.3, 0.4) is 0 Å². The molecular formula is C11H18N4O3. The number of hydrogen-bond acceptors (Lipinski definition) is 5. The summed E-state index contributed by atoms with van der Waals surface area (Å²) in [7, 11) is 2.97. The van der Waals surface area contributed by atoms with Crippen molar-refractivity contribution in [1.29, 1.82) is 0 Å². The van der Waals surface area contributed by atoms with E-state index in [1.807, 2.05) is 0 Å². The highest BCUT2D eigenvalue weighted by atomic mass is 16.5. The van der Waals surface area contributed by atoms with Crippen molar-refractivity contribution in [2.45, 2.75) is 13.8 Å². The smallest absolute Gasteiger partial charge is 0.295 e. The third kappa shape index (κ3) is 2.99. The van der Waals surface area contributed by atoms with E-state index in [2.05, 4.69) is 20.6 Å². The molecule has 0 aliphatic carbocycles. The van der Waals surface area contributed by atoms with Crippen LogP contribution in [0.1, 0.15) is 13.8 Å². The number of nitrogens with one attached hydrogen (secondary N) is 3. The average molecular weight is 254 g/mol. The molecule has 0 aliphatic rings. The molecule has 0 spiro atoms. The van der Waals surface area contributed by atoms with E-state index in [4.69, 9.17) is 4.74 Å². The maximum atomic E-state index is 11.6. The Hall–Kier alpha value is -2.05. The monoisotopic (exact) mass is 254 g/mol. The summed E-state index contributed by atoms with van der Waals surface area (Å²) in [5.74, 6) is 0.322. The first-order chi connectivity index (χ1) is 8.42. The number of methoxy groups -OCH3 is 1. The summed E-state index contributed by atoms with van der Waals surface area (Å²) < 4.78 is 4.96. The minimum atomic E-state index is -0.621. The molecule has 100 valence electrons. The standard InChI is InChI=1S/C11H18N4O3/c1-11(2,10(17)12-3)5-13-8-7(18-4)9(16)15-6-14-8/h6H,5H2,1-4H3,(H,12,17)(H2,13,14,15,16). The van der Waals surface area contributed by atoms with Gasteiger partial charge in [-0.1, -0.05) is 0 Å². The van der Waals surface area contributed by atoms with Gasteiger partial charge in [-0.25, -0.2) is 4.98 Å². The lowest BCUT2D eigenvalue weighted by atomic mass is 9.92. The van der Waals surface area contributed by atoms with Crippen molar-refractivity contribution in [2.75, 3.05) is 26.0 Å². The minimum absolute atomic E-state index is 0.0983. The molecule has 1 rings (SSSR count). The summed E-state index contributed by atoms with van der Waals surface area (Å²) in [4.78, 5) is 29.4. The molecule has 0 aliphatic heterocycles. The van der Waals surface area contributed by atoms with Crippen molar-refractivity contribution in [3.8, 4) is 5.75 Å². The first-order valence-corrected chi connectivity index (χ1v) is 5.50. The predicted molar refractivity (Wildman–Crippen MR) is 67.7 cm³/mol. The van der Waals surface area contributed by atoms with Crippen molar-refractivity contribution in [3.05, 3.63) is 16.7 Å². The van der Waals surface area contributed by atoms with Crippen LogP contribution in [0.15, 0.2) is 11.1 Å². The van der Waals surface area contributed by atoms with E-state index in [0.29, 0.717) is 12.4 Å². The summed E-state index contributed by atoms with van der Waals surface area (Å²) in [6.07, 6.45) is 1.28. The summed E-state index contributed by atoms with van der Waals surface area (Å²) in [5.41, 5.74) is -0.989. The van der Waals surface area contributed by atoms with Gasteiger partial charge in [-0.3, -0.25) is 9.59 Å². The lowest BCUT2D eigenvalue weighted by Gasteiger charge is -2.23. The molecule has 1 amide bonds. The number of aromatic amines is 1. The van der Waals surface area contributed by atoms with Crippen molar-refractivity contribution in [3.63, 3.8) is 0 Å². The highest BCUT2D eigenvalue weighted by molar-refractivity contribution is 5.82. The largest absolute Gasteiger partial charge is 0.489 e. The normalized spacial score (nSPS) is 10.9. The Morgan fingerprint density at radius 3 is 2.78 bits per heavy atom. The number of aromatic nitrogens is 2. The molecule has 7 nitrogen and oxygen atoms in total. The third-order valence-corrected chi connectivity index (χ3v) is 2.55. The van der Waals surface area contributed by atoms with Crippen LogP contribution in [-0.4, -0.2) is 36.6 Å². The van der Waals surface area contributed by atoms with Crippen LogP contribution in [0.5, 0.6) is 5.75 Å². The average Bonchev–Trinajstić information content (AvgIpc) is 2.35. The minimum Gasteiger partial charge on any atom is -0.489 e. The molecule has 18 heavy (non-hydrogen) atoms. The molecule has 0 saturated carbocycles. The number of ether oxygens (including phenoxy) is 1. The van der Waals surface area contributed by atoms with Gasteiger partial charge in [-0.2, -0.15) is 0 Å². The fraction of sp³-hybridized carbons (Fsp3) is 0.545. The zero-order valence-electron chi connectivity index (χ0n) is 11.0. The lowest BCUT2D eigenvalue weighted by Crippen LogP contribution is -2.39.